The van der Waals surface area contributed by atoms with Crippen LogP contribution in [0.4, 0.5) is 0 Å². The number of allylic oxidation sites excluding steroid dienone is 28. The summed E-state index contributed by atoms with van der Waals surface area (Å²) in [5.74, 6) is -1.00. The molecule has 2 unspecified atom stereocenters. The molecule has 0 aliphatic heterocycles. The zero-order chi connectivity index (χ0) is 51.3. The molecule has 0 fully saturated rings. The third kappa shape index (κ3) is 52.7. The largest absolute Gasteiger partial charge is 0.756 e. The van der Waals surface area contributed by atoms with Crippen LogP contribution in [0.2, 0.25) is 0 Å². The summed E-state index contributed by atoms with van der Waals surface area (Å²) in [5.41, 5.74) is 0. The minimum Gasteiger partial charge on any atom is -0.756 e. The first-order valence-electron chi connectivity index (χ1n) is 25.8. The zero-order valence-electron chi connectivity index (χ0n) is 43.9. The monoisotopic (exact) mass is 986 g/mol. The van der Waals surface area contributed by atoms with Crippen LogP contribution < -0.4 is 4.89 Å². The molecular weight excluding hydrogens is 894 g/mol. The molecule has 10 heteroatoms. The summed E-state index contributed by atoms with van der Waals surface area (Å²) >= 11 is 0. The number of carbonyl (C=O) groups is 2. The summed E-state index contributed by atoms with van der Waals surface area (Å²) in [6, 6.07) is 0. The number of likely N-dealkylation sites (N-methyl/N-ethyl adjacent to an activating group) is 1. The predicted molar refractivity (Wildman–Crippen MR) is 295 cm³/mol. The molecule has 0 heterocycles. The maximum atomic E-state index is 12.7. The summed E-state index contributed by atoms with van der Waals surface area (Å²) in [5, 5.41) is 0. The van der Waals surface area contributed by atoms with Gasteiger partial charge in [-0.1, -0.05) is 184 Å². The highest BCUT2D eigenvalue weighted by Gasteiger charge is 2.21. The van der Waals surface area contributed by atoms with Crippen molar-refractivity contribution in [1.29, 1.82) is 0 Å². The summed E-state index contributed by atoms with van der Waals surface area (Å²) < 4.78 is 33.9. The molecule has 0 aromatic heterocycles. The maximum absolute atomic E-state index is 12.7. The van der Waals surface area contributed by atoms with Crippen molar-refractivity contribution in [3.05, 3.63) is 170 Å². The number of nitrogens with zero attached hydrogens (tertiary/aromatic N) is 1. The second-order valence-electron chi connectivity index (χ2n) is 17.4. The fourth-order valence-electron chi connectivity index (χ4n) is 5.81. The van der Waals surface area contributed by atoms with E-state index in [0.717, 1.165) is 103 Å². The molecule has 9 nitrogen and oxygen atoms in total. The first-order chi connectivity index (χ1) is 34.0. The summed E-state index contributed by atoms with van der Waals surface area (Å²) in [6.07, 6.45) is 75.5. The van der Waals surface area contributed by atoms with Crippen LogP contribution in [-0.4, -0.2) is 70.0 Å². The van der Waals surface area contributed by atoms with E-state index in [1.165, 1.54) is 0 Å². The lowest BCUT2D eigenvalue weighted by atomic mass is 10.2. The standard InChI is InChI=1S/C60H92NO8P/c1-6-8-10-12-14-16-18-20-22-24-26-27-28-29-30-31-32-33-35-37-39-41-43-45-47-49-51-53-60(63)69-58(57-68-70(64,65)67-55-54-61(3,4)5)56-66-59(62)52-50-48-46-44-42-40-38-36-34-25-23-21-19-17-15-13-11-9-7-2/h8-11,14-17,20-23,26-27,29-30,32-34,36-37,39-40,42-43,45-46,48,58H,6-7,12-13,18-19,24-25,28,31,35,38,41,44,47,49-57H2,1-5H3/b10-8-,11-9-,16-14-,17-15-,22-20-,23-21-,27-26-,30-29-,33-32-,36-34-,39-37-,42-40-,45-43-,48-46-. The van der Waals surface area contributed by atoms with Crippen LogP contribution in [0.15, 0.2) is 170 Å². The molecule has 0 saturated carbocycles. The number of rotatable bonds is 44. The lowest BCUT2D eigenvalue weighted by Crippen LogP contribution is -2.37. The summed E-state index contributed by atoms with van der Waals surface area (Å²) in [6.45, 7) is 3.82. The molecule has 70 heavy (non-hydrogen) atoms. The van der Waals surface area contributed by atoms with Gasteiger partial charge >= 0.3 is 11.9 Å². The van der Waals surface area contributed by atoms with E-state index in [1.54, 1.807) is 0 Å². The number of phosphoric acid groups is 1. The Morgan fingerprint density at radius 1 is 0.443 bits per heavy atom. The van der Waals surface area contributed by atoms with E-state index < -0.39 is 32.5 Å². The van der Waals surface area contributed by atoms with Crippen molar-refractivity contribution < 1.29 is 42.1 Å². The van der Waals surface area contributed by atoms with Crippen molar-refractivity contribution >= 4 is 19.8 Å². The molecule has 0 bridgehead atoms. The van der Waals surface area contributed by atoms with Gasteiger partial charge in [-0.15, -0.1) is 0 Å². The van der Waals surface area contributed by atoms with Gasteiger partial charge in [-0.3, -0.25) is 14.2 Å². The number of hydrogen-bond donors (Lipinski definition) is 0. The SMILES string of the molecule is CC/C=C\C/C=C\C/C=C\C/C=C\C/C=C\C/C=C\C/C=C\C/C=C\CCCCC(=O)OC(COC(=O)CC/C=C\C/C=C\C/C=C\C/C=C\C/C=C\C/C=C\CC)COP(=O)([O-])OCC[N+](C)(C)C. The Labute approximate surface area is 426 Å². The Morgan fingerprint density at radius 2 is 0.786 bits per heavy atom. The zero-order valence-corrected chi connectivity index (χ0v) is 44.8. The van der Waals surface area contributed by atoms with Gasteiger partial charge in [0.1, 0.15) is 19.8 Å². The van der Waals surface area contributed by atoms with E-state index in [0.29, 0.717) is 23.9 Å². The normalized spacial score (nSPS) is 14.8. The third-order valence-electron chi connectivity index (χ3n) is 9.75. The van der Waals surface area contributed by atoms with E-state index in [2.05, 4.69) is 172 Å². The number of unbranched alkanes of at least 4 members (excludes halogenated alkanes) is 2. The maximum Gasteiger partial charge on any atom is 0.306 e. The van der Waals surface area contributed by atoms with Crippen LogP contribution in [0.1, 0.15) is 142 Å². The van der Waals surface area contributed by atoms with E-state index in [1.807, 2.05) is 33.3 Å². The Bertz CT molecular complexity index is 1780. The minimum absolute atomic E-state index is 0.0621. The van der Waals surface area contributed by atoms with Gasteiger partial charge in [-0.2, -0.15) is 0 Å². The minimum atomic E-state index is -4.68. The average molecular weight is 986 g/mol. The van der Waals surface area contributed by atoms with Crippen LogP contribution in [-0.2, 0) is 32.7 Å². The van der Waals surface area contributed by atoms with E-state index in [-0.39, 0.29) is 26.1 Å². The predicted octanol–water partition coefficient (Wildman–Crippen LogP) is 15.3. The van der Waals surface area contributed by atoms with E-state index >= 15 is 0 Å². The Morgan fingerprint density at radius 3 is 1.14 bits per heavy atom. The van der Waals surface area contributed by atoms with Crippen LogP contribution in [0.3, 0.4) is 0 Å². The topological polar surface area (TPSA) is 111 Å². The third-order valence-corrected chi connectivity index (χ3v) is 10.7. The first kappa shape index (κ1) is 65.4. The fraction of sp³-hybridized carbons (Fsp3) is 0.500. The highest BCUT2D eigenvalue weighted by molar-refractivity contribution is 7.45. The number of phosphoric ester groups is 1. The van der Waals surface area contributed by atoms with Gasteiger partial charge in [0, 0.05) is 12.8 Å². The van der Waals surface area contributed by atoms with Crippen molar-refractivity contribution in [2.75, 3.05) is 47.5 Å². The van der Waals surface area contributed by atoms with Crippen molar-refractivity contribution in [3.63, 3.8) is 0 Å². The van der Waals surface area contributed by atoms with Crippen molar-refractivity contribution in [3.8, 4) is 0 Å². The van der Waals surface area contributed by atoms with Gasteiger partial charge in [0.15, 0.2) is 6.10 Å². The van der Waals surface area contributed by atoms with Crippen molar-refractivity contribution in [2.24, 2.45) is 0 Å². The van der Waals surface area contributed by atoms with Gasteiger partial charge in [0.2, 0.25) is 0 Å². The molecule has 0 spiro atoms. The first-order valence-corrected chi connectivity index (χ1v) is 27.3. The van der Waals surface area contributed by atoms with Gasteiger partial charge in [-0.25, -0.2) is 0 Å². The molecule has 0 radical (unpaired) electrons. The molecule has 0 saturated heterocycles. The van der Waals surface area contributed by atoms with Gasteiger partial charge in [0.05, 0.1) is 27.7 Å². The second kappa shape index (κ2) is 49.4. The number of hydrogen-bond acceptors (Lipinski definition) is 8. The van der Waals surface area contributed by atoms with Crippen molar-refractivity contribution in [2.45, 2.75) is 148 Å². The van der Waals surface area contributed by atoms with Gasteiger partial charge < -0.3 is 27.9 Å². The molecule has 0 aromatic carbocycles. The van der Waals surface area contributed by atoms with Crippen LogP contribution >= 0.6 is 7.82 Å². The Kier molecular flexibility index (Phi) is 46.1. The number of quaternary nitrogens is 1. The molecule has 0 aliphatic carbocycles. The number of carbonyl (C=O) groups excluding carboxylic acids is 2. The molecule has 0 rings (SSSR count). The Balaban J connectivity index is 4.50. The van der Waals surface area contributed by atoms with Crippen LogP contribution in [0.5, 0.6) is 0 Å². The van der Waals surface area contributed by atoms with Crippen molar-refractivity contribution in [1.82, 2.24) is 0 Å². The lowest BCUT2D eigenvalue weighted by molar-refractivity contribution is -0.870. The molecule has 0 N–H and O–H groups in total. The molecule has 390 valence electrons. The summed E-state index contributed by atoms with van der Waals surface area (Å²) in [4.78, 5) is 37.7. The fourth-order valence-corrected chi connectivity index (χ4v) is 6.54. The molecular formula is C60H92NO8P. The van der Waals surface area contributed by atoms with E-state index in [4.69, 9.17) is 18.5 Å². The number of esters is 2. The lowest BCUT2D eigenvalue weighted by Gasteiger charge is -2.28. The molecule has 0 aliphatic rings. The second-order valence-corrected chi connectivity index (χ2v) is 18.8. The molecule has 2 atom stereocenters. The quantitative estimate of drug-likeness (QED) is 0.0195. The van der Waals surface area contributed by atoms with E-state index in [9.17, 15) is 19.0 Å². The number of ether oxygens (including phenoxy) is 2. The highest BCUT2D eigenvalue weighted by Crippen LogP contribution is 2.38. The molecule has 0 amide bonds. The van der Waals surface area contributed by atoms with Gasteiger partial charge in [0.25, 0.3) is 7.82 Å². The smallest absolute Gasteiger partial charge is 0.306 e. The van der Waals surface area contributed by atoms with Crippen LogP contribution in [0.25, 0.3) is 0 Å². The average Bonchev–Trinajstić information content (AvgIpc) is 3.32. The van der Waals surface area contributed by atoms with Crippen LogP contribution in [0, 0.1) is 0 Å². The highest BCUT2D eigenvalue weighted by atomic mass is 31.2. The molecule has 0 aromatic rings. The van der Waals surface area contributed by atoms with Gasteiger partial charge in [-0.05, 0) is 116 Å². The summed E-state index contributed by atoms with van der Waals surface area (Å²) in [7, 11) is 1.06. The Hall–Kier alpha value is -4.63.